The van der Waals surface area contributed by atoms with Crippen molar-refractivity contribution in [3.63, 3.8) is 0 Å². The normalized spacial score (nSPS) is 16.1. The molecular formula is C18H18N2O2S. The maximum atomic E-state index is 12.0. The molecule has 1 aliphatic rings. The van der Waals surface area contributed by atoms with Crippen molar-refractivity contribution in [3.8, 4) is 11.1 Å². The smallest absolute Gasteiger partial charge is 0.233 e. The van der Waals surface area contributed by atoms with Crippen LogP contribution in [0.4, 0.5) is 5.69 Å². The van der Waals surface area contributed by atoms with Gasteiger partial charge in [0.05, 0.1) is 11.4 Å². The Bertz CT molecular complexity index is 1030. The van der Waals surface area contributed by atoms with E-state index < -0.39 is 10.0 Å². The Hall–Kier alpha value is -2.27. The molecule has 2 heterocycles. The number of hydrogen-bond donors (Lipinski definition) is 1. The minimum Gasteiger partial charge on any atom is -0.351 e. The number of nitrogens with one attached hydrogen (secondary N) is 1. The zero-order chi connectivity index (χ0) is 16.2. The highest BCUT2D eigenvalue weighted by molar-refractivity contribution is 7.92. The summed E-state index contributed by atoms with van der Waals surface area (Å²) in [4.78, 5) is 0. The fourth-order valence-corrected chi connectivity index (χ4v) is 4.45. The predicted molar refractivity (Wildman–Crippen MR) is 94.2 cm³/mol. The van der Waals surface area contributed by atoms with E-state index in [1.807, 2.05) is 20.2 Å². The molecule has 1 aliphatic heterocycles. The van der Waals surface area contributed by atoms with Crippen molar-refractivity contribution >= 4 is 26.6 Å². The van der Waals surface area contributed by atoms with Gasteiger partial charge in [-0.2, -0.15) is 0 Å². The van der Waals surface area contributed by atoms with Crippen molar-refractivity contribution in [2.45, 2.75) is 13.3 Å². The quantitative estimate of drug-likeness (QED) is 0.744. The number of benzene rings is 2. The summed E-state index contributed by atoms with van der Waals surface area (Å²) in [7, 11) is -1.21. The summed E-state index contributed by atoms with van der Waals surface area (Å²) in [5.74, 6) is 0.153. The SMILES string of the molecule is Cc1cc2c(c(-c3ccc4c(ccn4C)c3)c1)NS(=O)(=O)CC2. The highest BCUT2D eigenvalue weighted by atomic mass is 32.2. The average Bonchev–Trinajstić information content (AvgIpc) is 2.87. The van der Waals surface area contributed by atoms with Crippen molar-refractivity contribution in [1.29, 1.82) is 0 Å². The maximum Gasteiger partial charge on any atom is 0.233 e. The van der Waals surface area contributed by atoms with Gasteiger partial charge in [-0.05, 0) is 48.7 Å². The lowest BCUT2D eigenvalue weighted by Gasteiger charge is -2.22. The molecular weight excluding hydrogens is 308 g/mol. The molecule has 1 N–H and O–H groups in total. The summed E-state index contributed by atoms with van der Waals surface area (Å²) in [5.41, 5.74) is 6.10. The first-order valence-electron chi connectivity index (χ1n) is 7.62. The van der Waals surface area contributed by atoms with Crippen LogP contribution >= 0.6 is 0 Å². The number of fused-ring (bicyclic) bond motifs is 2. The van der Waals surface area contributed by atoms with Crippen LogP contribution in [-0.2, 0) is 23.5 Å². The fraction of sp³-hybridized carbons (Fsp3) is 0.222. The third kappa shape index (κ3) is 2.41. The second-order valence-electron chi connectivity index (χ2n) is 6.22. The summed E-state index contributed by atoms with van der Waals surface area (Å²) >= 11 is 0. The number of sulfonamides is 1. The summed E-state index contributed by atoms with van der Waals surface area (Å²) in [6.45, 7) is 2.05. The van der Waals surface area contributed by atoms with Gasteiger partial charge in [-0.25, -0.2) is 8.42 Å². The predicted octanol–water partition coefficient (Wildman–Crippen LogP) is 3.45. The van der Waals surface area contributed by atoms with E-state index in [4.69, 9.17) is 0 Å². The van der Waals surface area contributed by atoms with E-state index in [1.165, 1.54) is 0 Å². The van der Waals surface area contributed by atoms with Crippen LogP contribution in [0.2, 0.25) is 0 Å². The summed E-state index contributed by atoms with van der Waals surface area (Å²) in [5, 5.41) is 1.15. The standard InChI is InChI=1S/C18H18N2O2S/c1-12-9-15-6-8-23(21,22)19-18(15)16(10-12)13-3-4-17-14(11-13)5-7-20(17)2/h3-5,7,9-11,19H,6,8H2,1-2H3. The van der Waals surface area contributed by atoms with Crippen LogP contribution in [-0.4, -0.2) is 18.7 Å². The van der Waals surface area contributed by atoms with Gasteiger partial charge in [0.2, 0.25) is 10.0 Å². The number of aryl methyl sites for hydroxylation is 3. The van der Waals surface area contributed by atoms with Gasteiger partial charge in [-0.15, -0.1) is 0 Å². The van der Waals surface area contributed by atoms with Gasteiger partial charge < -0.3 is 4.57 Å². The lowest BCUT2D eigenvalue weighted by atomic mass is 9.95. The number of aromatic nitrogens is 1. The molecule has 0 bridgehead atoms. The Balaban J connectivity index is 1.95. The molecule has 0 aliphatic carbocycles. The Morgan fingerprint density at radius 3 is 2.78 bits per heavy atom. The summed E-state index contributed by atoms with van der Waals surface area (Å²) in [6, 6.07) is 12.5. The number of hydrogen-bond acceptors (Lipinski definition) is 2. The summed E-state index contributed by atoms with van der Waals surface area (Å²) in [6.07, 6.45) is 2.59. The van der Waals surface area contributed by atoms with Crippen molar-refractivity contribution in [2.75, 3.05) is 10.5 Å². The zero-order valence-corrected chi connectivity index (χ0v) is 13.9. The van der Waals surface area contributed by atoms with E-state index in [-0.39, 0.29) is 5.75 Å². The maximum absolute atomic E-state index is 12.0. The van der Waals surface area contributed by atoms with Crippen LogP contribution in [0.5, 0.6) is 0 Å². The molecule has 0 fully saturated rings. The van der Waals surface area contributed by atoms with Crippen molar-refractivity contribution < 1.29 is 8.42 Å². The molecule has 23 heavy (non-hydrogen) atoms. The second-order valence-corrected chi connectivity index (χ2v) is 8.06. The van der Waals surface area contributed by atoms with Crippen molar-refractivity contribution in [2.24, 2.45) is 7.05 Å². The highest BCUT2D eigenvalue weighted by Gasteiger charge is 2.23. The van der Waals surface area contributed by atoms with Crippen molar-refractivity contribution in [3.05, 3.63) is 53.7 Å². The lowest BCUT2D eigenvalue weighted by molar-refractivity contribution is 0.599. The van der Waals surface area contributed by atoms with E-state index in [9.17, 15) is 8.42 Å². The molecule has 0 saturated heterocycles. The third-order valence-corrected chi connectivity index (χ3v) is 5.71. The van der Waals surface area contributed by atoms with Gasteiger partial charge in [-0.3, -0.25) is 4.72 Å². The second kappa shape index (κ2) is 4.86. The molecule has 4 nitrogen and oxygen atoms in total. The Morgan fingerprint density at radius 1 is 1.13 bits per heavy atom. The molecule has 1 aromatic heterocycles. The Labute approximate surface area is 135 Å². The van der Waals surface area contributed by atoms with Crippen LogP contribution in [0.25, 0.3) is 22.0 Å². The Morgan fingerprint density at radius 2 is 1.96 bits per heavy atom. The van der Waals surface area contributed by atoms with Gasteiger partial charge in [0, 0.05) is 29.7 Å². The van der Waals surface area contributed by atoms with Crippen LogP contribution < -0.4 is 4.72 Å². The largest absolute Gasteiger partial charge is 0.351 e. The highest BCUT2D eigenvalue weighted by Crippen LogP contribution is 2.37. The van der Waals surface area contributed by atoms with E-state index in [0.717, 1.165) is 38.8 Å². The number of nitrogens with zero attached hydrogens (tertiary/aromatic N) is 1. The molecule has 0 unspecified atom stereocenters. The molecule has 0 amide bonds. The van der Waals surface area contributed by atoms with Crippen LogP contribution in [0.1, 0.15) is 11.1 Å². The Kier molecular flexibility index (Phi) is 3.03. The topological polar surface area (TPSA) is 51.1 Å². The zero-order valence-electron chi connectivity index (χ0n) is 13.1. The third-order valence-electron chi connectivity index (χ3n) is 4.46. The molecule has 3 aromatic rings. The van der Waals surface area contributed by atoms with E-state index in [1.54, 1.807) is 0 Å². The average molecular weight is 326 g/mol. The first kappa shape index (κ1) is 14.3. The minimum atomic E-state index is -3.23. The lowest BCUT2D eigenvalue weighted by Crippen LogP contribution is -2.24. The van der Waals surface area contributed by atoms with Crippen LogP contribution in [0.3, 0.4) is 0 Å². The van der Waals surface area contributed by atoms with Crippen molar-refractivity contribution in [1.82, 2.24) is 4.57 Å². The molecule has 2 aromatic carbocycles. The van der Waals surface area contributed by atoms with Gasteiger partial charge in [-0.1, -0.05) is 17.7 Å². The fourth-order valence-electron chi connectivity index (χ4n) is 3.31. The van der Waals surface area contributed by atoms with Gasteiger partial charge in [0.15, 0.2) is 0 Å². The van der Waals surface area contributed by atoms with Gasteiger partial charge in [0.25, 0.3) is 0 Å². The molecule has 118 valence electrons. The molecule has 0 atom stereocenters. The number of anilines is 1. The first-order valence-corrected chi connectivity index (χ1v) is 9.28. The monoisotopic (exact) mass is 326 g/mol. The number of rotatable bonds is 1. The molecule has 0 saturated carbocycles. The van der Waals surface area contributed by atoms with E-state index in [0.29, 0.717) is 6.42 Å². The molecule has 0 radical (unpaired) electrons. The van der Waals surface area contributed by atoms with E-state index in [2.05, 4.69) is 45.7 Å². The van der Waals surface area contributed by atoms with Crippen LogP contribution in [0, 0.1) is 6.92 Å². The van der Waals surface area contributed by atoms with Crippen LogP contribution in [0.15, 0.2) is 42.6 Å². The van der Waals surface area contributed by atoms with Gasteiger partial charge >= 0.3 is 0 Å². The first-order chi connectivity index (χ1) is 10.9. The van der Waals surface area contributed by atoms with Gasteiger partial charge in [0.1, 0.15) is 0 Å². The molecule has 5 heteroatoms. The minimum absolute atomic E-state index is 0.153. The molecule has 4 rings (SSSR count). The summed E-state index contributed by atoms with van der Waals surface area (Å²) < 4.78 is 28.8. The van der Waals surface area contributed by atoms with E-state index >= 15 is 0 Å². The molecule has 0 spiro atoms.